The van der Waals surface area contributed by atoms with Gasteiger partial charge in [0.05, 0.1) is 0 Å². The molecule has 0 radical (unpaired) electrons. The number of nitrogens with zero attached hydrogens (tertiary/aromatic N) is 2. The van der Waals surface area contributed by atoms with Crippen LogP contribution in [0.5, 0.6) is 0 Å². The smallest absolute Gasteiger partial charge is 0.326 e. The number of hydrogen-bond donors (Lipinski definition) is 1. The van der Waals surface area contributed by atoms with Gasteiger partial charge in [-0.15, -0.1) is 0 Å². The van der Waals surface area contributed by atoms with Gasteiger partial charge in [0.1, 0.15) is 6.54 Å². The minimum Gasteiger partial charge on any atom is -0.326 e. The third-order valence-electron chi connectivity index (χ3n) is 3.12. The number of halogens is 1. The Morgan fingerprint density at radius 3 is 2.76 bits per heavy atom. The molecule has 7 heteroatoms. The summed E-state index contributed by atoms with van der Waals surface area (Å²) in [5, 5.41) is 3.26. The number of anilines is 1. The molecule has 1 N–H and O–H groups in total. The lowest BCUT2D eigenvalue weighted by Crippen LogP contribution is -2.32. The Bertz CT molecular complexity index is 576. The number of amides is 4. The lowest BCUT2D eigenvalue weighted by atomic mass is 10.2. The Labute approximate surface area is 127 Å². The third kappa shape index (κ3) is 3.95. The lowest BCUT2D eigenvalue weighted by molar-refractivity contribution is -0.125. The summed E-state index contributed by atoms with van der Waals surface area (Å²) in [6, 6.07) is 6.55. The maximum Gasteiger partial charge on any atom is 0.326 e. The molecule has 6 nitrogen and oxygen atoms in total. The first-order valence-electron chi connectivity index (χ1n) is 6.58. The number of carbonyl (C=O) groups is 3. The van der Waals surface area contributed by atoms with Crippen molar-refractivity contribution in [2.45, 2.75) is 12.8 Å². The first-order chi connectivity index (χ1) is 9.97. The molecule has 1 heterocycles. The summed E-state index contributed by atoms with van der Waals surface area (Å²) >= 11 is 5.83. The predicted octanol–water partition coefficient (Wildman–Crippen LogP) is 1.95. The molecule has 0 unspecified atom stereocenters. The van der Waals surface area contributed by atoms with Crippen LogP contribution >= 0.6 is 11.6 Å². The number of rotatable bonds is 5. The van der Waals surface area contributed by atoms with E-state index in [0.29, 0.717) is 17.1 Å². The van der Waals surface area contributed by atoms with Crippen LogP contribution in [0.15, 0.2) is 24.3 Å². The van der Waals surface area contributed by atoms with E-state index < -0.39 is 0 Å². The van der Waals surface area contributed by atoms with Crippen LogP contribution in [-0.2, 0) is 9.59 Å². The molecular formula is C14H16ClN3O3. The van der Waals surface area contributed by atoms with E-state index in [-0.39, 0.29) is 37.4 Å². The van der Waals surface area contributed by atoms with Gasteiger partial charge in [-0.3, -0.25) is 14.5 Å². The number of hydrogen-bond acceptors (Lipinski definition) is 3. The molecule has 1 aliphatic rings. The van der Waals surface area contributed by atoms with Gasteiger partial charge in [-0.2, -0.15) is 0 Å². The molecule has 1 aliphatic heterocycles. The van der Waals surface area contributed by atoms with Crippen molar-refractivity contribution >= 4 is 35.1 Å². The molecule has 0 aromatic heterocycles. The number of likely N-dealkylation sites (N-methyl/N-ethyl adjacent to an activating group) is 1. The highest BCUT2D eigenvalue weighted by atomic mass is 35.5. The monoisotopic (exact) mass is 309 g/mol. The van der Waals surface area contributed by atoms with Gasteiger partial charge >= 0.3 is 6.03 Å². The van der Waals surface area contributed by atoms with Gasteiger partial charge in [-0.1, -0.05) is 17.7 Å². The number of benzene rings is 1. The maximum absolute atomic E-state index is 11.8. The first kappa shape index (κ1) is 15.3. The second-order valence-corrected chi connectivity index (χ2v) is 5.28. The van der Waals surface area contributed by atoms with E-state index in [1.807, 2.05) is 0 Å². The van der Waals surface area contributed by atoms with Crippen molar-refractivity contribution in [3.63, 3.8) is 0 Å². The minimum absolute atomic E-state index is 0.105. The van der Waals surface area contributed by atoms with E-state index in [0.717, 1.165) is 0 Å². The van der Waals surface area contributed by atoms with Crippen LogP contribution in [0.1, 0.15) is 12.8 Å². The zero-order chi connectivity index (χ0) is 15.4. The largest absolute Gasteiger partial charge is 0.326 e. The molecule has 0 bridgehead atoms. The Morgan fingerprint density at radius 2 is 2.14 bits per heavy atom. The average Bonchev–Trinajstić information content (AvgIpc) is 2.65. The van der Waals surface area contributed by atoms with E-state index in [4.69, 9.17) is 11.6 Å². The molecule has 2 rings (SSSR count). The Balaban J connectivity index is 1.77. The number of nitrogens with one attached hydrogen (secondary N) is 1. The summed E-state index contributed by atoms with van der Waals surface area (Å²) < 4.78 is 0. The third-order valence-corrected chi connectivity index (χ3v) is 3.36. The molecule has 1 aromatic carbocycles. The summed E-state index contributed by atoms with van der Waals surface area (Å²) in [4.78, 5) is 37.5. The van der Waals surface area contributed by atoms with E-state index in [1.54, 1.807) is 31.3 Å². The summed E-state index contributed by atoms with van der Waals surface area (Å²) in [7, 11) is 1.58. The van der Waals surface area contributed by atoms with E-state index >= 15 is 0 Å². The first-order valence-corrected chi connectivity index (χ1v) is 6.96. The van der Waals surface area contributed by atoms with Crippen molar-refractivity contribution in [2.75, 3.05) is 25.5 Å². The van der Waals surface area contributed by atoms with Crippen molar-refractivity contribution < 1.29 is 14.4 Å². The minimum atomic E-state index is -0.310. The van der Waals surface area contributed by atoms with Crippen LogP contribution in [0.3, 0.4) is 0 Å². The van der Waals surface area contributed by atoms with Crippen LogP contribution in [0, 0.1) is 0 Å². The lowest BCUT2D eigenvalue weighted by Gasteiger charge is -2.13. The second kappa shape index (κ2) is 6.58. The molecular weight excluding hydrogens is 294 g/mol. The van der Waals surface area contributed by atoms with Crippen molar-refractivity contribution in [2.24, 2.45) is 0 Å². The number of carbonyl (C=O) groups excluding carboxylic acids is 3. The molecule has 0 aliphatic carbocycles. The summed E-state index contributed by atoms with van der Waals surface area (Å²) in [6.45, 7) is 0.360. The van der Waals surface area contributed by atoms with Crippen LogP contribution in [0.25, 0.3) is 0 Å². The summed E-state index contributed by atoms with van der Waals surface area (Å²) in [5.41, 5.74) is 0.626. The van der Waals surface area contributed by atoms with Crippen LogP contribution in [0.4, 0.5) is 10.5 Å². The molecule has 1 saturated heterocycles. The van der Waals surface area contributed by atoms with Crippen molar-refractivity contribution in [1.82, 2.24) is 9.80 Å². The number of imide groups is 1. The second-order valence-electron chi connectivity index (χ2n) is 4.85. The van der Waals surface area contributed by atoms with Gasteiger partial charge in [0.15, 0.2) is 0 Å². The van der Waals surface area contributed by atoms with Crippen molar-refractivity contribution in [3.05, 3.63) is 29.3 Å². The van der Waals surface area contributed by atoms with E-state index in [2.05, 4.69) is 5.32 Å². The molecule has 0 spiro atoms. The topological polar surface area (TPSA) is 69.7 Å². The Morgan fingerprint density at radius 1 is 1.38 bits per heavy atom. The predicted molar refractivity (Wildman–Crippen MR) is 79.1 cm³/mol. The highest BCUT2D eigenvalue weighted by Crippen LogP contribution is 2.15. The van der Waals surface area contributed by atoms with Gasteiger partial charge in [-0.25, -0.2) is 4.79 Å². The van der Waals surface area contributed by atoms with Gasteiger partial charge < -0.3 is 10.2 Å². The quantitative estimate of drug-likeness (QED) is 0.845. The molecule has 0 saturated carbocycles. The fourth-order valence-electron chi connectivity index (χ4n) is 2.08. The average molecular weight is 310 g/mol. The van der Waals surface area contributed by atoms with E-state index in [9.17, 15) is 14.4 Å². The number of urea groups is 1. The highest BCUT2D eigenvalue weighted by Gasteiger charge is 2.32. The zero-order valence-electron chi connectivity index (χ0n) is 11.6. The zero-order valence-corrected chi connectivity index (χ0v) is 12.4. The maximum atomic E-state index is 11.8. The molecule has 4 amide bonds. The van der Waals surface area contributed by atoms with Crippen LogP contribution in [-0.4, -0.2) is 47.8 Å². The van der Waals surface area contributed by atoms with Crippen molar-refractivity contribution in [3.8, 4) is 0 Å². The molecule has 21 heavy (non-hydrogen) atoms. The van der Waals surface area contributed by atoms with Crippen molar-refractivity contribution in [1.29, 1.82) is 0 Å². The van der Waals surface area contributed by atoms with E-state index in [1.165, 1.54) is 9.80 Å². The Kier molecular flexibility index (Phi) is 4.80. The summed E-state index contributed by atoms with van der Waals surface area (Å²) in [5.74, 6) is -0.400. The van der Waals surface area contributed by atoms with Gasteiger partial charge in [0.25, 0.3) is 0 Å². The molecule has 1 aromatic rings. The normalized spacial score (nSPS) is 14.8. The highest BCUT2D eigenvalue weighted by molar-refractivity contribution is 6.30. The van der Waals surface area contributed by atoms with Gasteiger partial charge in [0, 0.05) is 30.7 Å². The molecule has 1 fully saturated rings. The molecule has 0 atom stereocenters. The standard InChI is InChI=1S/C14H16ClN3O3/c1-17-9-13(20)18(14(17)21)7-3-6-12(19)16-11-5-2-4-10(15)8-11/h2,4-5,8H,3,6-7,9H2,1H3,(H,16,19). The fraction of sp³-hybridized carbons (Fsp3) is 0.357. The summed E-state index contributed by atoms with van der Waals surface area (Å²) in [6.07, 6.45) is 0.658. The van der Waals surface area contributed by atoms with Gasteiger partial charge in [0.2, 0.25) is 11.8 Å². The van der Waals surface area contributed by atoms with Gasteiger partial charge in [-0.05, 0) is 24.6 Å². The molecule has 112 valence electrons. The SMILES string of the molecule is CN1CC(=O)N(CCCC(=O)Nc2cccc(Cl)c2)C1=O. The fourth-order valence-corrected chi connectivity index (χ4v) is 2.27. The van der Waals surface area contributed by atoms with Crippen LogP contribution in [0.2, 0.25) is 5.02 Å². The van der Waals surface area contributed by atoms with Crippen LogP contribution < -0.4 is 5.32 Å². The Hall–Kier alpha value is -2.08.